The molecule has 0 saturated carbocycles. The van der Waals surface area contributed by atoms with Crippen molar-refractivity contribution < 1.29 is 18.7 Å². The highest BCUT2D eigenvalue weighted by Gasteiger charge is 2.33. The van der Waals surface area contributed by atoms with Gasteiger partial charge in [0.1, 0.15) is 11.4 Å². The van der Waals surface area contributed by atoms with E-state index >= 15 is 0 Å². The SMILES string of the molecule is CC(C)(C)OC(=O)[C@H]1CCN(C(=O)CCc2cccc(F)c2)C1. The van der Waals surface area contributed by atoms with Crippen LogP contribution in [0.4, 0.5) is 4.39 Å². The summed E-state index contributed by atoms with van der Waals surface area (Å²) < 4.78 is 18.5. The maximum atomic E-state index is 13.1. The number of ether oxygens (including phenoxy) is 1. The Morgan fingerprint density at radius 3 is 2.74 bits per heavy atom. The van der Waals surface area contributed by atoms with E-state index in [0.29, 0.717) is 32.4 Å². The Morgan fingerprint density at radius 2 is 2.09 bits per heavy atom. The number of esters is 1. The fourth-order valence-corrected chi connectivity index (χ4v) is 2.67. The number of benzene rings is 1. The topological polar surface area (TPSA) is 46.6 Å². The molecule has 0 N–H and O–H groups in total. The minimum atomic E-state index is -0.508. The summed E-state index contributed by atoms with van der Waals surface area (Å²) in [6.07, 6.45) is 1.47. The molecule has 0 unspecified atom stereocenters. The number of hydrogen-bond acceptors (Lipinski definition) is 3. The number of likely N-dealkylation sites (tertiary alicyclic amines) is 1. The highest BCUT2D eigenvalue weighted by Crippen LogP contribution is 2.21. The average molecular weight is 321 g/mol. The summed E-state index contributed by atoms with van der Waals surface area (Å²) in [5, 5.41) is 0. The zero-order valence-electron chi connectivity index (χ0n) is 14.0. The van der Waals surface area contributed by atoms with Crippen molar-refractivity contribution in [3.63, 3.8) is 0 Å². The second-order valence-corrected chi connectivity index (χ2v) is 6.99. The van der Waals surface area contributed by atoms with Crippen molar-refractivity contribution in [3.05, 3.63) is 35.6 Å². The summed E-state index contributed by atoms with van der Waals surface area (Å²) in [6, 6.07) is 6.28. The normalized spacial score (nSPS) is 18.1. The van der Waals surface area contributed by atoms with Crippen LogP contribution in [0.2, 0.25) is 0 Å². The third kappa shape index (κ3) is 5.34. The lowest BCUT2D eigenvalue weighted by Crippen LogP contribution is -2.33. The Bertz CT molecular complexity index is 580. The van der Waals surface area contributed by atoms with Crippen molar-refractivity contribution in [2.75, 3.05) is 13.1 Å². The van der Waals surface area contributed by atoms with Crippen LogP contribution in [0.1, 0.15) is 39.2 Å². The molecule has 0 spiro atoms. The predicted molar refractivity (Wildman–Crippen MR) is 85.3 cm³/mol. The first-order chi connectivity index (χ1) is 10.7. The van der Waals surface area contributed by atoms with Gasteiger partial charge in [0.2, 0.25) is 5.91 Å². The van der Waals surface area contributed by atoms with Gasteiger partial charge in [-0.3, -0.25) is 9.59 Å². The number of amides is 1. The Morgan fingerprint density at radius 1 is 1.35 bits per heavy atom. The molecule has 2 rings (SSSR count). The van der Waals surface area contributed by atoms with Crippen LogP contribution in [-0.4, -0.2) is 35.5 Å². The van der Waals surface area contributed by atoms with Crippen molar-refractivity contribution in [1.29, 1.82) is 0 Å². The van der Waals surface area contributed by atoms with Crippen molar-refractivity contribution in [2.45, 2.75) is 45.6 Å². The lowest BCUT2D eigenvalue weighted by molar-refractivity contribution is -0.159. The summed E-state index contributed by atoms with van der Waals surface area (Å²) in [4.78, 5) is 26.0. The molecule has 0 aromatic heterocycles. The summed E-state index contributed by atoms with van der Waals surface area (Å²) in [6.45, 7) is 6.49. The molecule has 0 bridgehead atoms. The second-order valence-electron chi connectivity index (χ2n) is 6.99. The van der Waals surface area contributed by atoms with Crippen molar-refractivity contribution in [1.82, 2.24) is 4.90 Å². The first-order valence-corrected chi connectivity index (χ1v) is 8.00. The maximum absolute atomic E-state index is 13.1. The first-order valence-electron chi connectivity index (χ1n) is 8.00. The van der Waals surface area contributed by atoms with Gasteiger partial charge in [-0.15, -0.1) is 0 Å². The van der Waals surface area contributed by atoms with Crippen LogP contribution in [0.15, 0.2) is 24.3 Å². The molecule has 5 heteroatoms. The Balaban J connectivity index is 1.82. The molecule has 1 fully saturated rings. The molecule has 0 radical (unpaired) electrons. The van der Waals surface area contributed by atoms with Gasteiger partial charge in [-0.2, -0.15) is 0 Å². The number of hydrogen-bond donors (Lipinski definition) is 0. The molecule has 1 saturated heterocycles. The monoisotopic (exact) mass is 321 g/mol. The minimum absolute atomic E-state index is 0.000296. The highest BCUT2D eigenvalue weighted by atomic mass is 19.1. The van der Waals surface area contributed by atoms with Crippen LogP contribution < -0.4 is 0 Å². The third-order valence-corrected chi connectivity index (χ3v) is 3.80. The minimum Gasteiger partial charge on any atom is -0.460 e. The molecular weight excluding hydrogens is 297 g/mol. The van der Waals surface area contributed by atoms with E-state index in [9.17, 15) is 14.0 Å². The molecule has 1 aliphatic rings. The van der Waals surface area contributed by atoms with E-state index < -0.39 is 5.60 Å². The van der Waals surface area contributed by atoms with Gasteiger partial charge in [-0.05, 0) is 51.3 Å². The largest absolute Gasteiger partial charge is 0.460 e. The van der Waals surface area contributed by atoms with E-state index in [0.717, 1.165) is 5.56 Å². The summed E-state index contributed by atoms with van der Waals surface area (Å²) >= 11 is 0. The quantitative estimate of drug-likeness (QED) is 0.801. The molecular formula is C18H24FNO3. The average Bonchev–Trinajstić information content (AvgIpc) is 2.93. The van der Waals surface area contributed by atoms with Crippen LogP contribution in [0, 0.1) is 11.7 Å². The molecule has 126 valence electrons. The fourth-order valence-electron chi connectivity index (χ4n) is 2.67. The van der Waals surface area contributed by atoms with E-state index in [2.05, 4.69) is 0 Å². The first kappa shape index (κ1) is 17.4. The van der Waals surface area contributed by atoms with Crippen LogP contribution in [-0.2, 0) is 20.7 Å². The molecule has 1 heterocycles. The van der Waals surface area contributed by atoms with Crippen LogP contribution in [0.3, 0.4) is 0 Å². The number of carbonyl (C=O) groups is 2. The fraction of sp³-hybridized carbons (Fsp3) is 0.556. The summed E-state index contributed by atoms with van der Waals surface area (Å²) in [5.41, 5.74) is 0.299. The lowest BCUT2D eigenvalue weighted by atomic mass is 10.1. The molecule has 1 atom stereocenters. The lowest BCUT2D eigenvalue weighted by Gasteiger charge is -2.22. The van der Waals surface area contributed by atoms with E-state index in [1.807, 2.05) is 26.8 Å². The van der Waals surface area contributed by atoms with Crippen molar-refractivity contribution in [3.8, 4) is 0 Å². The summed E-state index contributed by atoms with van der Waals surface area (Å²) in [5.74, 6) is -0.772. The van der Waals surface area contributed by atoms with Gasteiger partial charge in [0, 0.05) is 19.5 Å². The van der Waals surface area contributed by atoms with Gasteiger partial charge in [0.05, 0.1) is 5.92 Å². The van der Waals surface area contributed by atoms with Gasteiger partial charge in [0.25, 0.3) is 0 Å². The highest BCUT2D eigenvalue weighted by molar-refractivity contribution is 5.79. The molecule has 4 nitrogen and oxygen atoms in total. The molecule has 0 aliphatic carbocycles. The third-order valence-electron chi connectivity index (χ3n) is 3.80. The van der Waals surface area contributed by atoms with E-state index in [1.165, 1.54) is 12.1 Å². The number of rotatable bonds is 4. The van der Waals surface area contributed by atoms with E-state index in [-0.39, 0.29) is 23.6 Å². The number of carbonyl (C=O) groups excluding carboxylic acids is 2. The molecule has 1 aromatic carbocycles. The Kier molecular flexibility index (Phi) is 5.39. The molecule has 1 aromatic rings. The van der Waals surface area contributed by atoms with E-state index in [4.69, 9.17) is 4.74 Å². The number of aryl methyl sites for hydroxylation is 1. The van der Waals surface area contributed by atoms with E-state index in [1.54, 1.807) is 11.0 Å². The zero-order valence-corrected chi connectivity index (χ0v) is 14.0. The molecule has 1 amide bonds. The van der Waals surface area contributed by atoms with Crippen molar-refractivity contribution >= 4 is 11.9 Å². The smallest absolute Gasteiger partial charge is 0.311 e. The summed E-state index contributed by atoms with van der Waals surface area (Å²) in [7, 11) is 0. The zero-order chi connectivity index (χ0) is 17.0. The van der Waals surface area contributed by atoms with Gasteiger partial charge in [-0.1, -0.05) is 12.1 Å². The maximum Gasteiger partial charge on any atom is 0.311 e. The predicted octanol–water partition coefficient (Wildman–Crippen LogP) is 2.95. The molecule has 1 aliphatic heterocycles. The number of halogens is 1. The number of nitrogens with zero attached hydrogens (tertiary/aromatic N) is 1. The van der Waals surface area contributed by atoms with Crippen LogP contribution in [0.5, 0.6) is 0 Å². The standard InChI is InChI=1S/C18H24FNO3/c1-18(2,3)23-17(22)14-9-10-20(12-14)16(21)8-7-13-5-4-6-15(19)11-13/h4-6,11,14H,7-10,12H2,1-3H3/t14-/m0/s1. The van der Waals surface area contributed by atoms with Gasteiger partial charge in [0.15, 0.2) is 0 Å². The van der Waals surface area contributed by atoms with Gasteiger partial charge < -0.3 is 9.64 Å². The van der Waals surface area contributed by atoms with Gasteiger partial charge in [-0.25, -0.2) is 4.39 Å². The molecule has 23 heavy (non-hydrogen) atoms. The van der Waals surface area contributed by atoms with Crippen molar-refractivity contribution in [2.24, 2.45) is 5.92 Å². The van der Waals surface area contributed by atoms with Crippen LogP contribution >= 0.6 is 0 Å². The Labute approximate surface area is 136 Å². The van der Waals surface area contributed by atoms with Crippen LogP contribution in [0.25, 0.3) is 0 Å². The Hall–Kier alpha value is -1.91. The van der Waals surface area contributed by atoms with Gasteiger partial charge >= 0.3 is 5.97 Å². The second kappa shape index (κ2) is 7.11.